The maximum Gasteiger partial charge on any atom is 0.319 e. The second-order valence-electron chi connectivity index (χ2n) is 5.37. The van der Waals surface area contributed by atoms with Crippen LogP contribution < -0.4 is 0 Å². The van der Waals surface area contributed by atoms with E-state index in [9.17, 15) is 9.90 Å². The SMILES string of the molecule is CCC(O)(CC)CN1CCN(C(=O)N(C)C)CC1. The molecule has 0 radical (unpaired) electrons. The summed E-state index contributed by atoms with van der Waals surface area (Å²) in [7, 11) is 3.56. The maximum atomic E-state index is 11.8. The van der Waals surface area contributed by atoms with Crippen LogP contribution in [0.4, 0.5) is 4.79 Å². The van der Waals surface area contributed by atoms with Crippen molar-refractivity contribution in [2.75, 3.05) is 46.8 Å². The van der Waals surface area contributed by atoms with Gasteiger partial charge in [0.25, 0.3) is 0 Å². The molecule has 18 heavy (non-hydrogen) atoms. The fourth-order valence-electron chi connectivity index (χ4n) is 2.27. The quantitative estimate of drug-likeness (QED) is 0.812. The average molecular weight is 257 g/mol. The summed E-state index contributed by atoms with van der Waals surface area (Å²) in [5, 5.41) is 10.3. The summed E-state index contributed by atoms with van der Waals surface area (Å²) in [6.45, 7) is 7.96. The van der Waals surface area contributed by atoms with Crippen LogP contribution in [0.15, 0.2) is 0 Å². The van der Waals surface area contributed by atoms with Gasteiger partial charge in [-0.25, -0.2) is 4.79 Å². The van der Waals surface area contributed by atoms with E-state index < -0.39 is 5.60 Å². The Hall–Kier alpha value is -0.810. The molecular formula is C13H27N3O2. The van der Waals surface area contributed by atoms with Crippen molar-refractivity contribution in [3.63, 3.8) is 0 Å². The Bertz CT molecular complexity index is 269. The Balaban J connectivity index is 2.42. The number of hydrogen-bond acceptors (Lipinski definition) is 3. The Kier molecular flexibility index (Phi) is 5.41. The van der Waals surface area contributed by atoms with Crippen LogP contribution in [0, 0.1) is 0 Å². The van der Waals surface area contributed by atoms with E-state index in [4.69, 9.17) is 0 Å². The van der Waals surface area contributed by atoms with E-state index in [0.29, 0.717) is 6.54 Å². The van der Waals surface area contributed by atoms with Crippen LogP contribution >= 0.6 is 0 Å². The number of hydrogen-bond donors (Lipinski definition) is 1. The lowest BCUT2D eigenvalue weighted by atomic mass is 9.96. The van der Waals surface area contributed by atoms with Gasteiger partial charge in [-0.1, -0.05) is 13.8 Å². The molecule has 0 aromatic carbocycles. The normalized spacial score (nSPS) is 17.9. The minimum absolute atomic E-state index is 0.0795. The smallest absolute Gasteiger partial charge is 0.319 e. The van der Waals surface area contributed by atoms with E-state index in [1.165, 1.54) is 0 Å². The van der Waals surface area contributed by atoms with Crippen molar-refractivity contribution in [1.29, 1.82) is 0 Å². The second kappa shape index (κ2) is 6.38. The topological polar surface area (TPSA) is 47.0 Å². The van der Waals surface area contributed by atoms with Crippen molar-refractivity contribution in [3.8, 4) is 0 Å². The molecule has 1 heterocycles. The Morgan fingerprint density at radius 1 is 1.17 bits per heavy atom. The predicted molar refractivity (Wildman–Crippen MR) is 72.6 cm³/mol. The van der Waals surface area contributed by atoms with Crippen LogP contribution in [0.1, 0.15) is 26.7 Å². The molecule has 1 N–H and O–H groups in total. The molecule has 5 nitrogen and oxygen atoms in total. The van der Waals surface area contributed by atoms with Gasteiger partial charge in [0.05, 0.1) is 5.60 Å². The first-order chi connectivity index (χ1) is 8.41. The molecule has 0 aliphatic carbocycles. The summed E-state index contributed by atoms with van der Waals surface area (Å²) in [6, 6.07) is 0.0795. The molecule has 0 spiro atoms. The van der Waals surface area contributed by atoms with Crippen molar-refractivity contribution in [2.45, 2.75) is 32.3 Å². The highest BCUT2D eigenvalue weighted by molar-refractivity contribution is 5.73. The first-order valence-electron chi connectivity index (χ1n) is 6.83. The van der Waals surface area contributed by atoms with Crippen LogP contribution in [-0.2, 0) is 0 Å². The van der Waals surface area contributed by atoms with Gasteiger partial charge in [0.2, 0.25) is 0 Å². The van der Waals surface area contributed by atoms with Gasteiger partial charge in [-0.05, 0) is 12.8 Å². The molecule has 2 amide bonds. The third-order valence-electron chi connectivity index (χ3n) is 3.86. The number of amides is 2. The van der Waals surface area contributed by atoms with E-state index in [1.807, 2.05) is 18.7 Å². The highest BCUT2D eigenvalue weighted by Crippen LogP contribution is 2.17. The first kappa shape index (κ1) is 15.2. The minimum Gasteiger partial charge on any atom is -0.389 e. The van der Waals surface area contributed by atoms with Crippen LogP contribution in [0.2, 0.25) is 0 Å². The summed E-state index contributed by atoms with van der Waals surface area (Å²) in [6.07, 6.45) is 1.56. The molecule has 0 aromatic heterocycles. The minimum atomic E-state index is -0.576. The fourth-order valence-corrected chi connectivity index (χ4v) is 2.27. The standard InChI is InChI=1S/C13H27N3O2/c1-5-13(18,6-2)11-15-7-9-16(10-8-15)12(17)14(3)4/h18H,5-11H2,1-4H3. The number of nitrogens with zero attached hydrogens (tertiary/aromatic N) is 3. The molecule has 1 rings (SSSR count). The number of rotatable bonds is 4. The number of aliphatic hydroxyl groups is 1. The van der Waals surface area contributed by atoms with Gasteiger partial charge in [-0.15, -0.1) is 0 Å². The van der Waals surface area contributed by atoms with Crippen molar-refractivity contribution in [1.82, 2.24) is 14.7 Å². The van der Waals surface area contributed by atoms with E-state index in [-0.39, 0.29) is 6.03 Å². The molecule has 1 aliphatic heterocycles. The maximum absolute atomic E-state index is 11.8. The molecule has 0 atom stereocenters. The number of carbonyl (C=O) groups is 1. The zero-order valence-electron chi connectivity index (χ0n) is 12.1. The number of carbonyl (C=O) groups excluding carboxylic acids is 1. The zero-order chi connectivity index (χ0) is 13.8. The second-order valence-corrected chi connectivity index (χ2v) is 5.37. The van der Waals surface area contributed by atoms with Crippen LogP contribution in [0.25, 0.3) is 0 Å². The summed E-state index contributed by atoms with van der Waals surface area (Å²) < 4.78 is 0. The molecule has 0 unspecified atom stereocenters. The highest BCUT2D eigenvalue weighted by Gasteiger charge is 2.29. The molecule has 1 saturated heterocycles. The lowest BCUT2D eigenvalue weighted by Crippen LogP contribution is -2.54. The Labute approximate surface area is 110 Å². The number of piperazine rings is 1. The van der Waals surface area contributed by atoms with Gasteiger partial charge in [-0.3, -0.25) is 4.90 Å². The summed E-state index contributed by atoms with van der Waals surface area (Å²) >= 11 is 0. The lowest BCUT2D eigenvalue weighted by Gasteiger charge is -2.39. The molecule has 0 bridgehead atoms. The van der Waals surface area contributed by atoms with Crippen molar-refractivity contribution >= 4 is 6.03 Å². The van der Waals surface area contributed by atoms with Crippen molar-refractivity contribution in [3.05, 3.63) is 0 Å². The summed E-state index contributed by atoms with van der Waals surface area (Å²) in [5.41, 5.74) is -0.576. The van der Waals surface area contributed by atoms with Gasteiger partial charge in [0, 0.05) is 46.8 Å². The molecule has 0 aromatic rings. The summed E-state index contributed by atoms with van der Waals surface area (Å²) in [4.78, 5) is 17.5. The van der Waals surface area contributed by atoms with Crippen molar-refractivity contribution in [2.24, 2.45) is 0 Å². The average Bonchev–Trinajstić information content (AvgIpc) is 2.38. The van der Waals surface area contributed by atoms with Gasteiger partial charge >= 0.3 is 6.03 Å². The molecular weight excluding hydrogens is 230 g/mol. The molecule has 5 heteroatoms. The largest absolute Gasteiger partial charge is 0.389 e. The predicted octanol–water partition coefficient (Wildman–Crippen LogP) is 0.837. The van der Waals surface area contributed by atoms with Gasteiger partial charge in [0.15, 0.2) is 0 Å². The Morgan fingerprint density at radius 2 is 1.67 bits per heavy atom. The number of urea groups is 1. The Morgan fingerprint density at radius 3 is 2.06 bits per heavy atom. The van der Waals surface area contributed by atoms with Gasteiger partial charge in [-0.2, -0.15) is 0 Å². The first-order valence-corrected chi connectivity index (χ1v) is 6.83. The van der Waals surface area contributed by atoms with E-state index in [2.05, 4.69) is 4.90 Å². The van der Waals surface area contributed by atoms with E-state index in [0.717, 1.165) is 39.0 Å². The molecule has 106 valence electrons. The summed E-state index contributed by atoms with van der Waals surface area (Å²) in [5.74, 6) is 0. The van der Waals surface area contributed by atoms with Gasteiger partial charge in [0.1, 0.15) is 0 Å². The monoisotopic (exact) mass is 257 g/mol. The third kappa shape index (κ3) is 3.85. The van der Waals surface area contributed by atoms with Crippen LogP contribution in [0.5, 0.6) is 0 Å². The lowest BCUT2D eigenvalue weighted by molar-refractivity contribution is -0.0130. The van der Waals surface area contributed by atoms with E-state index >= 15 is 0 Å². The number of β-amino-alcohol motifs (C(OH)–C–C–N with tert-alkyl or cyclic N) is 1. The fraction of sp³-hybridized carbons (Fsp3) is 0.923. The molecule has 1 fully saturated rings. The van der Waals surface area contributed by atoms with Gasteiger partial charge < -0.3 is 14.9 Å². The van der Waals surface area contributed by atoms with Crippen LogP contribution in [0.3, 0.4) is 0 Å². The van der Waals surface area contributed by atoms with Crippen LogP contribution in [-0.4, -0.2) is 78.3 Å². The molecule has 0 saturated carbocycles. The zero-order valence-corrected chi connectivity index (χ0v) is 12.1. The van der Waals surface area contributed by atoms with Crippen molar-refractivity contribution < 1.29 is 9.90 Å². The highest BCUT2D eigenvalue weighted by atomic mass is 16.3. The third-order valence-corrected chi connectivity index (χ3v) is 3.86. The van der Waals surface area contributed by atoms with E-state index in [1.54, 1.807) is 19.0 Å². The molecule has 1 aliphatic rings.